The van der Waals surface area contributed by atoms with Crippen LogP contribution in [0.3, 0.4) is 0 Å². The Morgan fingerprint density at radius 2 is 1.91 bits per heavy atom. The molecule has 1 fully saturated rings. The zero-order valence-electron chi connectivity index (χ0n) is 23.8. The number of nitrogen functional groups attached to an aromatic ring is 1. The van der Waals surface area contributed by atoms with E-state index in [1.807, 2.05) is 0 Å². The smallest absolute Gasteiger partial charge is 0.299 e. The summed E-state index contributed by atoms with van der Waals surface area (Å²) in [6, 6.07) is 9.37. The van der Waals surface area contributed by atoms with Gasteiger partial charge in [-0.25, -0.2) is 4.39 Å². The molecule has 0 spiro atoms. The average molecular weight is 642 g/mol. The van der Waals surface area contributed by atoms with Gasteiger partial charge in [-0.1, -0.05) is 36.9 Å². The van der Waals surface area contributed by atoms with Gasteiger partial charge in [0.15, 0.2) is 0 Å². The molecule has 2 aromatic carbocycles. The van der Waals surface area contributed by atoms with Crippen molar-refractivity contribution >= 4 is 34.9 Å². The van der Waals surface area contributed by atoms with Crippen molar-refractivity contribution in [2.45, 2.75) is 36.9 Å². The Kier molecular flexibility index (Phi) is 9.09. The van der Waals surface area contributed by atoms with Gasteiger partial charge in [0.2, 0.25) is 18.2 Å². The molecule has 2 aliphatic rings. The van der Waals surface area contributed by atoms with Gasteiger partial charge >= 0.3 is 0 Å². The summed E-state index contributed by atoms with van der Waals surface area (Å²) in [5, 5.41) is 24.3. The zero-order valence-corrected chi connectivity index (χ0v) is 24.6. The summed E-state index contributed by atoms with van der Waals surface area (Å²) < 4.78 is 49.0. The third kappa shape index (κ3) is 6.34. The number of aliphatic hydroxyl groups excluding tert-OH is 1. The van der Waals surface area contributed by atoms with Crippen molar-refractivity contribution in [1.29, 1.82) is 5.41 Å². The van der Waals surface area contributed by atoms with Crippen molar-refractivity contribution in [2.24, 2.45) is 5.73 Å². The van der Waals surface area contributed by atoms with Gasteiger partial charge in [-0.2, -0.15) is 8.78 Å². The van der Waals surface area contributed by atoms with Crippen LogP contribution in [0.25, 0.3) is 11.1 Å². The van der Waals surface area contributed by atoms with E-state index < -0.39 is 61.3 Å². The predicted molar refractivity (Wildman–Crippen MR) is 161 cm³/mol. The van der Waals surface area contributed by atoms with E-state index in [1.165, 1.54) is 41.7 Å². The lowest BCUT2D eigenvalue weighted by molar-refractivity contribution is -0.138. The maximum atomic E-state index is 14.9. The van der Waals surface area contributed by atoms with E-state index in [9.17, 15) is 32.7 Å². The number of amidine groups is 1. The molecule has 6 N–H and O–H groups in total. The van der Waals surface area contributed by atoms with E-state index in [2.05, 4.69) is 17.2 Å². The minimum Gasteiger partial charge on any atom is -0.394 e. The number of hydrogen-bond donors (Lipinski definition) is 5. The lowest BCUT2D eigenvalue weighted by atomic mass is 10.0. The molecular formula is C31H30F3N5O5S. The number of nitrogens with two attached hydrogens (primary N) is 1. The van der Waals surface area contributed by atoms with Gasteiger partial charge in [0.1, 0.15) is 11.9 Å². The molecule has 236 valence electrons. The van der Waals surface area contributed by atoms with Crippen molar-refractivity contribution in [3.8, 4) is 11.1 Å². The number of likely N-dealkylation sites (tertiary alicyclic amines) is 1. The number of amides is 3. The fourth-order valence-electron chi connectivity index (χ4n) is 5.49. The average Bonchev–Trinajstić information content (AvgIpc) is 3.74. The van der Waals surface area contributed by atoms with Crippen LogP contribution in [0.2, 0.25) is 0 Å². The molecule has 14 heteroatoms. The number of nitrogens with one attached hydrogen (secondary N) is 3. The van der Waals surface area contributed by atoms with Crippen molar-refractivity contribution in [3.63, 3.8) is 0 Å². The van der Waals surface area contributed by atoms with Crippen LogP contribution >= 0.6 is 11.3 Å². The number of aliphatic hydroxyl groups is 1. The second-order valence-corrected chi connectivity index (χ2v) is 11.5. The first-order valence-electron chi connectivity index (χ1n) is 13.9. The first-order chi connectivity index (χ1) is 21.4. The van der Waals surface area contributed by atoms with E-state index in [0.29, 0.717) is 16.0 Å². The maximum absolute atomic E-state index is 14.9. The van der Waals surface area contributed by atoms with Crippen LogP contribution in [0, 0.1) is 5.41 Å². The lowest BCUT2D eigenvalue weighted by Crippen LogP contribution is -2.49. The Labute approximate surface area is 260 Å². The van der Waals surface area contributed by atoms with E-state index in [4.69, 9.17) is 15.9 Å². The molecule has 2 heterocycles. The van der Waals surface area contributed by atoms with Crippen molar-refractivity contribution in [2.75, 3.05) is 19.7 Å². The topological polar surface area (TPSA) is 158 Å². The van der Waals surface area contributed by atoms with E-state index >= 15 is 0 Å². The molecule has 0 bridgehead atoms. The number of fused-ring (bicyclic) bond motifs is 3. The third-order valence-electron chi connectivity index (χ3n) is 7.74. The first kappa shape index (κ1) is 31.9. The van der Waals surface area contributed by atoms with Crippen LogP contribution in [0.1, 0.15) is 44.4 Å². The number of ether oxygens (including phenoxy) is 1. The second-order valence-electron chi connectivity index (χ2n) is 10.6. The van der Waals surface area contributed by atoms with Crippen LogP contribution < -0.4 is 16.4 Å². The van der Waals surface area contributed by atoms with E-state index in [-0.39, 0.29) is 41.1 Å². The molecule has 0 saturated carbocycles. The van der Waals surface area contributed by atoms with Crippen molar-refractivity contribution in [3.05, 3.63) is 93.7 Å². The fourth-order valence-corrected chi connectivity index (χ4v) is 6.44. The summed E-state index contributed by atoms with van der Waals surface area (Å²) in [5.41, 5.74) is 6.14. The number of carbonyl (C=O) groups is 3. The minimum absolute atomic E-state index is 0.0592. The van der Waals surface area contributed by atoms with Gasteiger partial charge in [0, 0.05) is 45.5 Å². The SMILES string of the molecule is C=CC(F)O[C@@H]1C[C@@H](C(=O)N[C@H](CO)c2cc(C(=N)N)cs2)N(C(=O)CNC(=O)c2ccc3c(c2)-c2ccccc2C3(F)F)C1. The molecular weight excluding hydrogens is 611 g/mol. The normalized spacial score (nSPS) is 19.2. The highest BCUT2D eigenvalue weighted by molar-refractivity contribution is 7.10. The molecule has 3 amide bonds. The minimum atomic E-state index is -3.21. The molecule has 10 nitrogen and oxygen atoms in total. The van der Waals surface area contributed by atoms with Gasteiger partial charge in [-0.3, -0.25) is 19.8 Å². The number of alkyl halides is 3. The Morgan fingerprint density at radius 3 is 2.60 bits per heavy atom. The monoisotopic (exact) mass is 641 g/mol. The highest BCUT2D eigenvalue weighted by atomic mass is 32.1. The quantitative estimate of drug-likeness (QED) is 0.123. The van der Waals surface area contributed by atoms with Crippen molar-refractivity contribution < 1.29 is 37.4 Å². The summed E-state index contributed by atoms with van der Waals surface area (Å²) in [6.45, 7) is 2.13. The Bertz CT molecular complexity index is 1660. The lowest BCUT2D eigenvalue weighted by Gasteiger charge is -2.25. The van der Waals surface area contributed by atoms with Crippen LogP contribution in [0.5, 0.6) is 0 Å². The number of benzene rings is 2. The molecule has 1 aliphatic carbocycles. The molecule has 1 saturated heterocycles. The molecule has 1 unspecified atom stereocenters. The number of thiophene rings is 1. The summed E-state index contributed by atoms with van der Waals surface area (Å²) >= 11 is 1.18. The standard InChI is InChI=1S/C31H30F3N5O5S/c1-2-26(32)44-18-11-24(30(43)38-23(14-40)25-10-17(15-45-25)28(35)36)39(13-18)27(41)12-37-29(42)16-7-8-22-20(9-16)19-5-3-4-6-21(19)31(22,33)34/h2-10,15,18,23-24,26,40H,1,11-14H2,(H3,35,36)(H,37,42)(H,38,43)/t18-,23-,24+,26?/m1/s1. The maximum Gasteiger partial charge on any atom is 0.299 e. The Balaban J connectivity index is 1.29. The zero-order chi connectivity index (χ0) is 32.5. The second kappa shape index (κ2) is 12.8. The molecule has 5 rings (SSSR count). The van der Waals surface area contributed by atoms with Crippen LogP contribution in [-0.4, -0.2) is 71.8 Å². The highest BCUT2D eigenvalue weighted by Gasteiger charge is 2.44. The van der Waals surface area contributed by atoms with E-state index in [1.54, 1.807) is 23.6 Å². The Hall–Kier alpha value is -4.53. The summed E-state index contributed by atoms with van der Waals surface area (Å²) in [7, 11) is 0. The molecule has 4 atom stereocenters. The van der Waals surface area contributed by atoms with Crippen LogP contribution in [0.4, 0.5) is 13.2 Å². The largest absolute Gasteiger partial charge is 0.394 e. The molecule has 0 radical (unpaired) electrons. The predicted octanol–water partition coefficient (Wildman–Crippen LogP) is 3.20. The molecule has 1 aliphatic heterocycles. The van der Waals surface area contributed by atoms with Crippen LogP contribution in [0.15, 0.2) is 66.6 Å². The number of carbonyl (C=O) groups excluding carboxylic acids is 3. The van der Waals surface area contributed by atoms with Gasteiger partial charge in [0.25, 0.3) is 11.8 Å². The van der Waals surface area contributed by atoms with Crippen molar-refractivity contribution in [1.82, 2.24) is 15.5 Å². The van der Waals surface area contributed by atoms with Crippen LogP contribution in [-0.2, 0) is 20.2 Å². The number of hydrogen-bond acceptors (Lipinski definition) is 7. The fraction of sp³-hybridized carbons (Fsp3) is 0.290. The molecule has 1 aromatic heterocycles. The first-order valence-corrected chi connectivity index (χ1v) is 14.8. The number of halogens is 3. The summed E-state index contributed by atoms with van der Waals surface area (Å²) in [4.78, 5) is 41.4. The van der Waals surface area contributed by atoms with Gasteiger partial charge in [-0.15, -0.1) is 11.3 Å². The van der Waals surface area contributed by atoms with Gasteiger partial charge in [0.05, 0.1) is 25.3 Å². The highest BCUT2D eigenvalue weighted by Crippen LogP contribution is 2.50. The molecule has 3 aromatic rings. The van der Waals surface area contributed by atoms with Gasteiger partial charge in [-0.05, 0) is 35.4 Å². The molecule has 45 heavy (non-hydrogen) atoms. The Morgan fingerprint density at radius 1 is 1.18 bits per heavy atom. The van der Waals surface area contributed by atoms with E-state index in [0.717, 1.165) is 11.0 Å². The number of nitrogens with zero attached hydrogens (tertiary/aromatic N) is 1. The summed E-state index contributed by atoms with van der Waals surface area (Å²) in [5.74, 6) is -5.40. The third-order valence-corrected chi connectivity index (χ3v) is 8.79. The number of rotatable bonds is 11. The summed E-state index contributed by atoms with van der Waals surface area (Å²) in [6.07, 6.45) is -1.85. The van der Waals surface area contributed by atoms with Gasteiger partial charge < -0.3 is 31.1 Å².